The van der Waals surface area contributed by atoms with Crippen molar-refractivity contribution >= 4 is 12.3 Å². The third-order valence-corrected chi connectivity index (χ3v) is 1.15. The van der Waals surface area contributed by atoms with Crippen LogP contribution in [0.25, 0.3) is 6.08 Å². The molecule has 1 heterocycles. The fourth-order valence-electron chi connectivity index (χ4n) is 0.678. The summed E-state index contributed by atoms with van der Waals surface area (Å²) in [5.74, 6) is 0.802. The summed E-state index contributed by atoms with van der Waals surface area (Å²) in [6, 6.07) is 3.67. The summed E-state index contributed by atoms with van der Waals surface area (Å²) in [6.07, 6.45) is 7.29. The van der Waals surface area contributed by atoms with Gasteiger partial charge in [-0.3, -0.25) is 0 Å². The van der Waals surface area contributed by atoms with E-state index in [0.717, 1.165) is 5.76 Å². The first-order valence-electron chi connectivity index (χ1n) is 3.29. The summed E-state index contributed by atoms with van der Waals surface area (Å²) in [5, 5.41) is 10.9. The zero-order chi connectivity index (χ0) is 7.94. The number of hydrogen-bond donors (Lipinski definition) is 1. The van der Waals surface area contributed by atoms with Crippen LogP contribution < -0.4 is 0 Å². The Labute approximate surface area is 64.6 Å². The molecule has 0 spiro atoms. The molecule has 1 N–H and O–H groups in total. The van der Waals surface area contributed by atoms with Crippen molar-refractivity contribution in [3.05, 3.63) is 30.2 Å². The summed E-state index contributed by atoms with van der Waals surface area (Å²) in [7, 11) is 0. The zero-order valence-electron chi connectivity index (χ0n) is 5.97. The van der Waals surface area contributed by atoms with Gasteiger partial charge in [-0.05, 0) is 18.2 Å². The summed E-state index contributed by atoms with van der Waals surface area (Å²) in [6.45, 7) is 0. The summed E-state index contributed by atoms with van der Waals surface area (Å²) in [4.78, 5) is 0. The van der Waals surface area contributed by atoms with E-state index < -0.39 is 0 Å². The molecule has 0 aromatic carbocycles. The Hall–Kier alpha value is -1.51. The van der Waals surface area contributed by atoms with Gasteiger partial charge in [0.05, 0.1) is 6.26 Å². The standard InChI is InChI=1S/C8H9NO2/c10-9-6-2-1-4-8-5-3-7-11-8/h1,3-7,10H,2H2. The van der Waals surface area contributed by atoms with Gasteiger partial charge in [0.25, 0.3) is 0 Å². The Kier molecular flexibility index (Phi) is 2.99. The highest BCUT2D eigenvalue weighted by Gasteiger charge is 1.84. The predicted molar refractivity (Wildman–Crippen MR) is 42.6 cm³/mol. The van der Waals surface area contributed by atoms with Crippen molar-refractivity contribution < 1.29 is 9.62 Å². The third kappa shape index (κ3) is 2.71. The normalized spacial score (nSPS) is 11.6. The van der Waals surface area contributed by atoms with E-state index in [1.807, 2.05) is 24.3 Å². The first-order chi connectivity index (χ1) is 5.43. The van der Waals surface area contributed by atoms with Crippen molar-refractivity contribution in [2.75, 3.05) is 0 Å². The van der Waals surface area contributed by atoms with Crippen LogP contribution >= 0.6 is 0 Å². The fourth-order valence-corrected chi connectivity index (χ4v) is 0.678. The van der Waals surface area contributed by atoms with Crippen LogP contribution in [-0.4, -0.2) is 11.4 Å². The van der Waals surface area contributed by atoms with Crippen molar-refractivity contribution in [3.63, 3.8) is 0 Å². The lowest BCUT2D eigenvalue weighted by atomic mass is 10.3. The van der Waals surface area contributed by atoms with Crippen molar-refractivity contribution in [2.24, 2.45) is 5.16 Å². The molecule has 58 valence electrons. The molecule has 0 saturated carbocycles. The molecule has 3 heteroatoms. The Morgan fingerprint density at radius 3 is 3.18 bits per heavy atom. The van der Waals surface area contributed by atoms with Crippen LogP contribution in [-0.2, 0) is 0 Å². The Morgan fingerprint density at radius 2 is 2.55 bits per heavy atom. The van der Waals surface area contributed by atoms with E-state index in [4.69, 9.17) is 9.62 Å². The molecule has 3 nitrogen and oxygen atoms in total. The van der Waals surface area contributed by atoms with Crippen molar-refractivity contribution in [2.45, 2.75) is 6.42 Å². The van der Waals surface area contributed by atoms with Gasteiger partial charge < -0.3 is 9.62 Å². The molecule has 1 aromatic heterocycles. The predicted octanol–water partition coefficient (Wildman–Crippen LogP) is 2.14. The van der Waals surface area contributed by atoms with Crippen LogP contribution in [0.3, 0.4) is 0 Å². The lowest BCUT2D eigenvalue weighted by Crippen LogP contribution is -1.68. The highest BCUT2D eigenvalue weighted by atomic mass is 16.4. The topological polar surface area (TPSA) is 45.7 Å². The lowest BCUT2D eigenvalue weighted by Gasteiger charge is -1.80. The maximum atomic E-state index is 8.04. The molecule has 0 radical (unpaired) electrons. The summed E-state index contributed by atoms with van der Waals surface area (Å²) >= 11 is 0. The highest BCUT2D eigenvalue weighted by molar-refractivity contribution is 5.60. The molecule has 0 saturated heterocycles. The molecular weight excluding hydrogens is 142 g/mol. The second kappa shape index (κ2) is 4.33. The fraction of sp³-hybridized carbons (Fsp3) is 0.125. The maximum absolute atomic E-state index is 8.04. The Morgan fingerprint density at radius 1 is 1.64 bits per heavy atom. The molecule has 0 amide bonds. The number of nitrogens with zero attached hydrogens (tertiary/aromatic N) is 1. The Bertz CT molecular complexity index is 237. The lowest BCUT2D eigenvalue weighted by molar-refractivity contribution is 0.321. The SMILES string of the molecule is ON=CCC=Cc1ccco1. The quantitative estimate of drug-likeness (QED) is 0.408. The minimum Gasteiger partial charge on any atom is -0.465 e. The number of allylic oxidation sites excluding steroid dienone is 1. The molecule has 0 bridgehead atoms. The van der Waals surface area contributed by atoms with E-state index in [-0.39, 0.29) is 0 Å². The summed E-state index contributed by atoms with van der Waals surface area (Å²) in [5.41, 5.74) is 0. The van der Waals surface area contributed by atoms with E-state index in [1.165, 1.54) is 6.21 Å². The first-order valence-corrected chi connectivity index (χ1v) is 3.29. The van der Waals surface area contributed by atoms with Gasteiger partial charge in [-0.15, -0.1) is 5.16 Å². The van der Waals surface area contributed by atoms with Crippen molar-refractivity contribution in [1.29, 1.82) is 0 Å². The van der Waals surface area contributed by atoms with Gasteiger partial charge in [-0.2, -0.15) is 0 Å². The molecule has 0 aliphatic heterocycles. The number of hydrogen-bond acceptors (Lipinski definition) is 3. The van der Waals surface area contributed by atoms with Crippen LogP contribution in [0.4, 0.5) is 0 Å². The number of oxime groups is 1. The van der Waals surface area contributed by atoms with Crippen LogP contribution in [0, 0.1) is 0 Å². The average molecular weight is 151 g/mol. The second-order valence-electron chi connectivity index (χ2n) is 1.95. The van der Waals surface area contributed by atoms with Gasteiger partial charge in [-0.25, -0.2) is 0 Å². The molecule has 0 unspecified atom stereocenters. The minimum absolute atomic E-state index is 0.608. The Balaban J connectivity index is 2.37. The molecule has 11 heavy (non-hydrogen) atoms. The van der Waals surface area contributed by atoms with Crippen LogP contribution in [0.15, 0.2) is 34.0 Å². The summed E-state index contributed by atoms with van der Waals surface area (Å²) < 4.78 is 5.02. The molecule has 1 rings (SSSR count). The van der Waals surface area contributed by atoms with Gasteiger partial charge in [0, 0.05) is 12.6 Å². The van der Waals surface area contributed by atoms with E-state index in [9.17, 15) is 0 Å². The minimum atomic E-state index is 0.608. The van der Waals surface area contributed by atoms with E-state index in [1.54, 1.807) is 6.26 Å². The zero-order valence-corrected chi connectivity index (χ0v) is 5.97. The molecule has 0 atom stereocenters. The van der Waals surface area contributed by atoms with Gasteiger partial charge >= 0.3 is 0 Å². The molecule has 0 aliphatic carbocycles. The van der Waals surface area contributed by atoms with E-state index in [0.29, 0.717) is 6.42 Å². The maximum Gasteiger partial charge on any atom is 0.126 e. The smallest absolute Gasteiger partial charge is 0.126 e. The van der Waals surface area contributed by atoms with Gasteiger partial charge in [0.2, 0.25) is 0 Å². The molecule has 0 aliphatic rings. The second-order valence-corrected chi connectivity index (χ2v) is 1.95. The number of rotatable bonds is 3. The van der Waals surface area contributed by atoms with Gasteiger partial charge in [0.15, 0.2) is 0 Å². The highest BCUT2D eigenvalue weighted by Crippen LogP contribution is 2.02. The van der Waals surface area contributed by atoms with Crippen LogP contribution in [0.2, 0.25) is 0 Å². The largest absolute Gasteiger partial charge is 0.465 e. The van der Waals surface area contributed by atoms with Crippen LogP contribution in [0.5, 0.6) is 0 Å². The van der Waals surface area contributed by atoms with Crippen LogP contribution in [0.1, 0.15) is 12.2 Å². The average Bonchev–Trinajstić information content (AvgIpc) is 2.50. The molecule has 0 fully saturated rings. The number of furan rings is 1. The monoisotopic (exact) mass is 151 g/mol. The first kappa shape index (κ1) is 7.60. The van der Waals surface area contributed by atoms with E-state index in [2.05, 4.69) is 5.16 Å². The van der Waals surface area contributed by atoms with Crippen molar-refractivity contribution in [1.82, 2.24) is 0 Å². The van der Waals surface area contributed by atoms with Gasteiger partial charge in [0.1, 0.15) is 5.76 Å². The molecular formula is C8H9NO2. The molecule has 1 aromatic rings. The van der Waals surface area contributed by atoms with Gasteiger partial charge in [-0.1, -0.05) is 6.08 Å². The van der Waals surface area contributed by atoms with Crippen molar-refractivity contribution in [3.8, 4) is 0 Å². The third-order valence-electron chi connectivity index (χ3n) is 1.15. The van der Waals surface area contributed by atoms with E-state index >= 15 is 0 Å².